The van der Waals surface area contributed by atoms with Crippen LogP contribution in [-0.4, -0.2) is 35.1 Å². The number of H-pyrrole nitrogens is 1. The van der Waals surface area contributed by atoms with E-state index in [1.807, 2.05) is 51.1 Å². The molecule has 2 amide bonds. The zero-order chi connectivity index (χ0) is 18.8. The Bertz CT molecular complexity index is 948. The van der Waals surface area contributed by atoms with Crippen LogP contribution in [0.2, 0.25) is 0 Å². The fraction of sp³-hybridized carbons (Fsp3) is 0.300. The van der Waals surface area contributed by atoms with Gasteiger partial charge in [0.2, 0.25) is 0 Å². The van der Waals surface area contributed by atoms with Crippen LogP contribution in [0.25, 0.3) is 11.0 Å². The van der Waals surface area contributed by atoms with Crippen LogP contribution in [0.3, 0.4) is 0 Å². The summed E-state index contributed by atoms with van der Waals surface area (Å²) >= 11 is 0. The van der Waals surface area contributed by atoms with Crippen molar-refractivity contribution in [1.29, 1.82) is 0 Å². The number of benzene rings is 2. The van der Waals surface area contributed by atoms with Gasteiger partial charge in [-0.25, -0.2) is 9.78 Å². The van der Waals surface area contributed by atoms with E-state index in [1.165, 1.54) is 0 Å². The monoisotopic (exact) mass is 352 g/mol. The molecule has 0 bridgehead atoms. The number of para-hydroxylation sites is 1. The van der Waals surface area contributed by atoms with E-state index in [1.54, 1.807) is 25.4 Å². The molecule has 0 radical (unpaired) electrons. The zero-order valence-corrected chi connectivity index (χ0v) is 15.8. The Morgan fingerprint density at radius 3 is 2.73 bits per heavy atom. The molecule has 2 aromatic carbocycles. The molecule has 0 aliphatic carbocycles. The van der Waals surface area contributed by atoms with Crippen molar-refractivity contribution in [3.05, 3.63) is 53.3 Å². The van der Waals surface area contributed by atoms with Gasteiger partial charge in [0.1, 0.15) is 5.75 Å². The normalized spacial score (nSPS) is 12.0. The minimum Gasteiger partial charge on any atom is -0.496 e. The Morgan fingerprint density at radius 2 is 2.00 bits per heavy atom. The second-order valence-electron chi connectivity index (χ2n) is 6.43. The first-order valence-electron chi connectivity index (χ1n) is 8.54. The summed E-state index contributed by atoms with van der Waals surface area (Å²) in [6, 6.07) is 9.34. The molecule has 1 heterocycles. The average Bonchev–Trinajstić information content (AvgIpc) is 3.13. The molecular weight excluding hydrogens is 328 g/mol. The number of aryl methyl sites for hydroxylation is 1. The number of aromatic amines is 1. The zero-order valence-electron chi connectivity index (χ0n) is 15.8. The molecule has 1 aromatic heterocycles. The van der Waals surface area contributed by atoms with Gasteiger partial charge < -0.3 is 19.9 Å². The van der Waals surface area contributed by atoms with Crippen molar-refractivity contribution < 1.29 is 9.53 Å². The third-order valence-electron chi connectivity index (χ3n) is 5.01. The quantitative estimate of drug-likeness (QED) is 0.730. The molecule has 1 atom stereocenters. The van der Waals surface area contributed by atoms with Crippen molar-refractivity contribution in [3.8, 4) is 5.75 Å². The van der Waals surface area contributed by atoms with Gasteiger partial charge in [0, 0.05) is 18.3 Å². The number of nitrogens with zero attached hydrogens (tertiary/aromatic N) is 2. The second-order valence-corrected chi connectivity index (χ2v) is 6.43. The fourth-order valence-electron chi connectivity index (χ4n) is 3.07. The van der Waals surface area contributed by atoms with E-state index < -0.39 is 0 Å². The minimum atomic E-state index is -0.176. The number of methoxy groups -OCH3 is 1. The number of imidazole rings is 1. The van der Waals surface area contributed by atoms with Crippen LogP contribution in [0.1, 0.15) is 29.7 Å². The summed E-state index contributed by atoms with van der Waals surface area (Å²) in [4.78, 5) is 21.9. The van der Waals surface area contributed by atoms with Gasteiger partial charge in [0.05, 0.1) is 30.5 Å². The Balaban J connectivity index is 1.84. The number of ether oxygens (including phenoxy) is 1. The van der Waals surface area contributed by atoms with Crippen molar-refractivity contribution in [2.24, 2.45) is 0 Å². The maximum Gasteiger partial charge on any atom is 0.322 e. The first kappa shape index (κ1) is 17.8. The third kappa shape index (κ3) is 3.10. The third-order valence-corrected chi connectivity index (χ3v) is 5.01. The minimum absolute atomic E-state index is 0.136. The molecule has 0 aliphatic rings. The van der Waals surface area contributed by atoms with Crippen LogP contribution in [0.4, 0.5) is 10.5 Å². The molecule has 0 saturated carbocycles. The number of urea groups is 1. The van der Waals surface area contributed by atoms with E-state index in [0.29, 0.717) is 0 Å². The van der Waals surface area contributed by atoms with Crippen molar-refractivity contribution in [2.75, 3.05) is 19.5 Å². The Labute approximate surface area is 153 Å². The molecule has 3 aromatic rings. The number of amides is 2. The first-order chi connectivity index (χ1) is 12.4. The Morgan fingerprint density at radius 1 is 1.27 bits per heavy atom. The lowest BCUT2D eigenvalue weighted by atomic mass is 10.1. The van der Waals surface area contributed by atoms with E-state index in [2.05, 4.69) is 15.3 Å². The smallest absolute Gasteiger partial charge is 0.322 e. The number of rotatable bonds is 4. The van der Waals surface area contributed by atoms with Crippen molar-refractivity contribution in [3.63, 3.8) is 0 Å². The Kier molecular flexibility index (Phi) is 4.84. The largest absolute Gasteiger partial charge is 0.496 e. The average molecular weight is 352 g/mol. The molecule has 2 N–H and O–H groups in total. The maximum atomic E-state index is 12.8. The van der Waals surface area contributed by atoms with Crippen LogP contribution in [0, 0.1) is 13.8 Å². The van der Waals surface area contributed by atoms with Crippen molar-refractivity contribution in [1.82, 2.24) is 14.9 Å². The number of anilines is 1. The summed E-state index contributed by atoms with van der Waals surface area (Å²) in [5.41, 5.74) is 5.64. The predicted octanol–water partition coefficient (Wildman–Crippen LogP) is 4.41. The number of nitrogens with one attached hydrogen (secondary N) is 2. The second kappa shape index (κ2) is 7.07. The van der Waals surface area contributed by atoms with Crippen molar-refractivity contribution in [2.45, 2.75) is 26.8 Å². The molecule has 26 heavy (non-hydrogen) atoms. The van der Waals surface area contributed by atoms with Crippen LogP contribution >= 0.6 is 0 Å². The molecule has 0 saturated heterocycles. The molecule has 6 heteroatoms. The summed E-state index contributed by atoms with van der Waals surface area (Å²) in [5, 5.41) is 3.02. The highest BCUT2D eigenvalue weighted by Gasteiger charge is 2.21. The topological polar surface area (TPSA) is 70.2 Å². The molecule has 6 nitrogen and oxygen atoms in total. The molecule has 0 unspecified atom stereocenters. The highest BCUT2D eigenvalue weighted by Crippen LogP contribution is 2.30. The van der Waals surface area contributed by atoms with Gasteiger partial charge >= 0.3 is 6.03 Å². The summed E-state index contributed by atoms with van der Waals surface area (Å²) in [6.07, 6.45) is 1.67. The lowest BCUT2D eigenvalue weighted by Crippen LogP contribution is -2.34. The molecular formula is C20H24N4O2. The van der Waals surface area contributed by atoms with Gasteiger partial charge in [-0.05, 0) is 44.0 Å². The first-order valence-corrected chi connectivity index (χ1v) is 8.54. The fourth-order valence-corrected chi connectivity index (χ4v) is 3.07. The maximum absolute atomic E-state index is 12.8. The van der Waals surface area contributed by atoms with E-state index in [-0.39, 0.29) is 12.1 Å². The van der Waals surface area contributed by atoms with E-state index in [9.17, 15) is 4.79 Å². The lowest BCUT2D eigenvalue weighted by molar-refractivity contribution is 0.207. The summed E-state index contributed by atoms with van der Waals surface area (Å²) < 4.78 is 5.42. The van der Waals surface area contributed by atoms with Gasteiger partial charge in [0.25, 0.3) is 0 Å². The SMILES string of the molecule is COc1ccccc1[C@@H](C)N(C)C(=O)Nc1cc2[nH]cnc2c(C)c1C. The molecule has 0 spiro atoms. The van der Waals surface area contributed by atoms with Gasteiger partial charge in [-0.3, -0.25) is 0 Å². The van der Waals surface area contributed by atoms with Crippen molar-refractivity contribution >= 4 is 22.8 Å². The van der Waals surface area contributed by atoms with Crippen LogP contribution < -0.4 is 10.1 Å². The number of aromatic nitrogens is 2. The van der Waals surface area contributed by atoms with Gasteiger partial charge in [0.15, 0.2) is 0 Å². The predicted molar refractivity (Wildman–Crippen MR) is 104 cm³/mol. The number of carbonyl (C=O) groups is 1. The van der Waals surface area contributed by atoms with E-state index in [4.69, 9.17) is 4.74 Å². The highest BCUT2D eigenvalue weighted by molar-refractivity contribution is 5.94. The summed E-state index contributed by atoms with van der Waals surface area (Å²) in [7, 11) is 3.42. The molecule has 0 aliphatic heterocycles. The number of fused-ring (bicyclic) bond motifs is 1. The highest BCUT2D eigenvalue weighted by atomic mass is 16.5. The molecule has 3 rings (SSSR count). The standard InChI is InChI=1S/C20H24N4O2/c1-12-13(2)19-17(21-11-22-19)10-16(12)23-20(25)24(4)14(3)15-8-6-7-9-18(15)26-5/h6-11,14H,1-5H3,(H,21,22)(H,23,25)/t14-/m1/s1. The molecule has 0 fully saturated rings. The Hall–Kier alpha value is -3.02. The summed E-state index contributed by atoms with van der Waals surface area (Å²) in [6.45, 7) is 5.98. The van der Waals surface area contributed by atoms with Crippen LogP contribution in [0.15, 0.2) is 36.7 Å². The lowest BCUT2D eigenvalue weighted by Gasteiger charge is -2.27. The van der Waals surface area contributed by atoms with Gasteiger partial charge in [-0.2, -0.15) is 0 Å². The van der Waals surface area contributed by atoms with Crippen LogP contribution in [0.5, 0.6) is 5.75 Å². The summed E-state index contributed by atoms with van der Waals surface area (Å²) in [5.74, 6) is 0.769. The van der Waals surface area contributed by atoms with E-state index in [0.717, 1.165) is 39.2 Å². The van der Waals surface area contributed by atoms with Gasteiger partial charge in [-0.1, -0.05) is 18.2 Å². The number of hydrogen-bond donors (Lipinski definition) is 2. The van der Waals surface area contributed by atoms with E-state index >= 15 is 0 Å². The van der Waals surface area contributed by atoms with Gasteiger partial charge in [-0.15, -0.1) is 0 Å². The molecule has 136 valence electrons. The number of carbonyl (C=O) groups excluding carboxylic acids is 1. The van der Waals surface area contributed by atoms with Crippen LogP contribution in [-0.2, 0) is 0 Å². The number of hydrogen-bond acceptors (Lipinski definition) is 3.